The van der Waals surface area contributed by atoms with Gasteiger partial charge in [-0.1, -0.05) is 6.42 Å². The van der Waals surface area contributed by atoms with Crippen LogP contribution in [0, 0.1) is 11.3 Å². The third kappa shape index (κ3) is 2.54. The van der Waals surface area contributed by atoms with E-state index < -0.39 is 0 Å². The van der Waals surface area contributed by atoms with Crippen LogP contribution in [0.15, 0.2) is 12.4 Å². The lowest BCUT2D eigenvalue weighted by Crippen LogP contribution is -2.52. The molecule has 0 saturated carbocycles. The van der Waals surface area contributed by atoms with Crippen LogP contribution in [-0.4, -0.2) is 40.0 Å². The van der Waals surface area contributed by atoms with Gasteiger partial charge in [-0.3, -0.25) is 0 Å². The molecule has 2 aliphatic heterocycles. The molecule has 3 rings (SSSR count). The fourth-order valence-corrected chi connectivity index (χ4v) is 3.40. The van der Waals surface area contributed by atoms with Crippen LogP contribution in [0.1, 0.15) is 37.8 Å². The molecule has 19 heavy (non-hydrogen) atoms. The topological polar surface area (TPSA) is 64.8 Å². The van der Waals surface area contributed by atoms with Gasteiger partial charge in [-0.05, 0) is 32.7 Å². The second-order valence-electron chi connectivity index (χ2n) is 5.62. The van der Waals surface area contributed by atoms with Gasteiger partial charge in [-0.25, -0.2) is 9.97 Å². The Hall–Kier alpha value is -1.67. The maximum atomic E-state index is 8.71. The van der Waals surface area contributed by atoms with E-state index in [4.69, 9.17) is 5.26 Å². The van der Waals surface area contributed by atoms with Crippen molar-refractivity contribution in [2.24, 2.45) is 0 Å². The Balaban J connectivity index is 1.65. The summed E-state index contributed by atoms with van der Waals surface area (Å²) < 4.78 is 0. The number of nitrogens with zero attached hydrogens (tertiary/aromatic N) is 4. The Morgan fingerprint density at radius 3 is 2.58 bits per heavy atom. The third-order valence-corrected chi connectivity index (χ3v) is 4.46. The van der Waals surface area contributed by atoms with E-state index in [1.54, 1.807) is 6.20 Å². The van der Waals surface area contributed by atoms with Crippen molar-refractivity contribution in [3.63, 3.8) is 0 Å². The largest absolute Gasteiger partial charge is 0.366 e. The Kier molecular flexibility index (Phi) is 3.34. The van der Waals surface area contributed by atoms with Gasteiger partial charge >= 0.3 is 0 Å². The van der Waals surface area contributed by atoms with Gasteiger partial charge in [-0.15, -0.1) is 0 Å². The summed E-state index contributed by atoms with van der Waals surface area (Å²) in [4.78, 5) is 10.8. The SMILES string of the molecule is CN1C2CCCC1CC(Nc1cnc(C#N)cn1)C2. The first-order valence-electron chi connectivity index (χ1n) is 6.97. The average Bonchev–Trinajstić information content (AvgIpc) is 2.41. The number of nitrogens with one attached hydrogen (secondary N) is 1. The first-order chi connectivity index (χ1) is 9.26. The molecule has 0 aromatic carbocycles. The lowest BCUT2D eigenvalue weighted by atomic mass is 9.82. The highest BCUT2D eigenvalue weighted by atomic mass is 15.2. The number of aromatic nitrogens is 2. The van der Waals surface area contributed by atoms with Crippen molar-refractivity contribution < 1.29 is 0 Å². The van der Waals surface area contributed by atoms with Gasteiger partial charge in [0.1, 0.15) is 11.9 Å². The first kappa shape index (κ1) is 12.4. The molecule has 2 bridgehead atoms. The second-order valence-corrected chi connectivity index (χ2v) is 5.62. The van der Waals surface area contributed by atoms with E-state index in [1.807, 2.05) is 6.07 Å². The van der Waals surface area contributed by atoms with Crippen molar-refractivity contribution in [3.05, 3.63) is 18.1 Å². The molecule has 2 saturated heterocycles. The monoisotopic (exact) mass is 257 g/mol. The van der Waals surface area contributed by atoms with Crippen molar-refractivity contribution in [3.8, 4) is 6.07 Å². The fourth-order valence-electron chi connectivity index (χ4n) is 3.40. The van der Waals surface area contributed by atoms with E-state index in [0.29, 0.717) is 23.8 Å². The van der Waals surface area contributed by atoms with Crippen molar-refractivity contribution >= 4 is 5.82 Å². The summed E-state index contributed by atoms with van der Waals surface area (Å²) in [6.45, 7) is 0. The van der Waals surface area contributed by atoms with Crippen LogP contribution in [-0.2, 0) is 0 Å². The summed E-state index contributed by atoms with van der Waals surface area (Å²) in [6, 6.07) is 3.88. The zero-order valence-electron chi connectivity index (χ0n) is 11.2. The highest BCUT2D eigenvalue weighted by Crippen LogP contribution is 2.33. The molecule has 2 atom stereocenters. The Morgan fingerprint density at radius 1 is 1.26 bits per heavy atom. The van der Waals surface area contributed by atoms with Crippen molar-refractivity contribution in [1.82, 2.24) is 14.9 Å². The van der Waals surface area contributed by atoms with Crippen molar-refractivity contribution in [1.29, 1.82) is 5.26 Å². The van der Waals surface area contributed by atoms with E-state index in [0.717, 1.165) is 5.82 Å². The van der Waals surface area contributed by atoms with Gasteiger partial charge in [0.05, 0.1) is 12.4 Å². The Bertz CT molecular complexity index is 464. The molecule has 2 unspecified atom stereocenters. The molecular formula is C14H19N5. The zero-order chi connectivity index (χ0) is 13.2. The van der Waals surface area contributed by atoms with Gasteiger partial charge < -0.3 is 10.2 Å². The van der Waals surface area contributed by atoms with Gasteiger partial charge in [0, 0.05) is 18.1 Å². The van der Waals surface area contributed by atoms with Crippen LogP contribution >= 0.6 is 0 Å². The summed E-state index contributed by atoms with van der Waals surface area (Å²) >= 11 is 0. The second kappa shape index (κ2) is 5.14. The molecular weight excluding hydrogens is 238 g/mol. The molecule has 0 spiro atoms. The maximum Gasteiger partial charge on any atom is 0.158 e. The normalized spacial score (nSPS) is 30.6. The maximum absolute atomic E-state index is 8.71. The van der Waals surface area contributed by atoms with Crippen LogP contribution < -0.4 is 5.32 Å². The van der Waals surface area contributed by atoms with Crippen LogP contribution in [0.2, 0.25) is 0 Å². The molecule has 0 aliphatic carbocycles. The summed E-state index contributed by atoms with van der Waals surface area (Å²) in [6.07, 6.45) is 9.52. The first-order valence-corrected chi connectivity index (χ1v) is 6.97. The summed E-state index contributed by atoms with van der Waals surface area (Å²) in [5.74, 6) is 0.784. The molecule has 2 fully saturated rings. The number of rotatable bonds is 2. The number of hydrogen-bond acceptors (Lipinski definition) is 5. The predicted octanol–water partition coefficient (Wildman–Crippen LogP) is 1.78. The smallest absolute Gasteiger partial charge is 0.158 e. The summed E-state index contributed by atoms with van der Waals surface area (Å²) in [5.41, 5.74) is 0.366. The van der Waals surface area contributed by atoms with E-state index in [-0.39, 0.29) is 0 Å². The zero-order valence-corrected chi connectivity index (χ0v) is 11.2. The number of nitriles is 1. The minimum absolute atomic E-state index is 0.366. The van der Waals surface area contributed by atoms with Crippen molar-refractivity contribution in [2.75, 3.05) is 12.4 Å². The average molecular weight is 257 g/mol. The summed E-state index contributed by atoms with van der Waals surface area (Å²) in [7, 11) is 2.26. The quantitative estimate of drug-likeness (QED) is 0.874. The van der Waals surface area contributed by atoms with E-state index >= 15 is 0 Å². The molecule has 100 valence electrons. The van der Waals surface area contributed by atoms with Crippen LogP contribution in [0.5, 0.6) is 0 Å². The molecule has 1 aromatic heterocycles. The van der Waals surface area contributed by atoms with Crippen molar-refractivity contribution in [2.45, 2.75) is 50.2 Å². The molecule has 2 aliphatic rings. The van der Waals surface area contributed by atoms with E-state index in [2.05, 4.69) is 27.2 Å². The fraction of sp³-hybridized carbons (Fsp3) is 0.643. The molecule has 0 amide bonds. The minimum Gasteiger partial charge on any atom is -0.366 e. The molecule has 0 radical (unpaired) electrons. The third-order valence-electron chi connectivity index (χ3n) is 4.46. The number of piperidine rings is 2. The Labute approximate surface area is 113 Å². The molecule has 1 aromatic rings. The van der Waals surface area contributed by atoms with E-state index in [1.165, 1.54) is 38.3 Å². The molecule has 5 heteroatoms. The number of fused-ring (bicyclic) bond motifs is 2. The minimum atomic E-state index is 0.366. The predicted molar refractivity (Wildman–Crippen MR) is 72.6 cm³/mol. The van der Waals surface area contributed by atoms with Gasteiger partial charge in [0.15, 0.2) is 5.69 Å². The van der Waals surface area contributed by atoms with Crippen LogP contribution in [0.25, 0.3) is 0 Å². The van der Waals surface area contributed by atoms with E-state index in [9.17, 15) is 0 Å². The van der Waals surface area contributed by atoms with Crippen LogP contribution in [0.3, 0.4) is 0 Å². The highest BCUT2D eigenvalue weighted by Gasteiger charge is 2.35. The summed E-state index contributed by atoms with van der Waals surface area (Å²) in [5, 5.41) is 12.2. The lowest BCUT2D eigenvalue weighted by Gasteiger charge is -2.47. The Morgan fingerprint density at radius 2 is 2.00 bits per heavy atom. The van der Waals surface area contributed by atoms with Gasteiger partial charge in [0.25, 0.3) is 0 Å². The standard InChI is InChI=1S/C14H19N5/c1-19-12-3-2-4-13(19)6-10(5-12)18-14-9-16-11(7-15)8-17-14/h8-10,12-13H,2-6H2,1H3,(H,17,18). The molecule has 3 heterocycles. The van der Waals surface area contributed by atoms with Gasteiger partial charge in [0.2, 0.25) is 0 Å². The highest BCUT2D eigenvalue weighted by molar-refractivity contribution is 5.34. The lowest BCUT2D eigenvalue weighted by molar-refractivity contribution is 0.0608. The number of hydrogen-bond donors (Lipinski definition) is 1. The number of anilines is 1. The molecule has 5 nitrogen and oxygen atoms in total. The molecule has 1 N–H and O–H groups in total. The van der Waals surface area contributed by atoms with Gasteiger partial charge in [-0.2, -0.15) is 5.26 Å². The van der Waals surface area contributed by atoms with Crippen LogP contribution in [0.4, 0.5) is 5.82 Å².